The fraction of sp³-hybridized carbons (Fsp3) is 0.455. The maximum atomic E-state index is 11.8. The molecule has 2 rings (SSSR count). The Kier molecular flexibility index (Phi) is 3.48. The highest BCUT2D eigenvalue weighted by molar-refractivity contribution is 5.94. The zero-order valence-electron chi connectivity index (χ0n) is 9.19. The van der Waals surface area contributed by atoms with Crippen molar-refractivity contribution in [3.8, 4) is 0 Å². The van der Waals surface area contributed by atoms with Crippen molar-refractivity contribution >= 4 is 11.7 Å². The number of aromatic nitrogens is 1. The number of hydrogen-bond acceptors (Lipinski definition) is 4. The monoisotopic (exact) mass is 221 g/mol. The van der Waals surface area contributed by atoms with Crippen LogP contribution in [0.5, 0.6) is 0 Å². The van der Waals surface area contributed by atoms with Gasteiger partial charge in [-0.1, -0.05) is 6.07 Å². The van der Waals surface area contributed by atoms with E-state index < -0.39 is 0 Å². The summed E-state index contributed by atoms with van der Waals surface area (Å²) in [5.74, 6) is 0.471. The minimum atomic E-state index is -0.281. The van der Waals surface area contributed by atoms with Gasteiger partial charge in [0, 0.05) is 12.7 Å². The van der Waals surface area contributed by atoms with Gasteiger partial charge in [-0.05, 0) is 18.6 Å². The topological polar surface area (TPSA) is 63.2 Å². The molecule has 1 atom stereocenters. The summed E-state index contributed by atoms with van der Waals surface area (Å²) in [4.78, 5) is 15.9. The van der Waals surface area contributed by atoms with Crippen LogP contribution in [0.3, 0.4) is 0 Å². The molecule has 1 unspecified atom stereocenters. The largest absolute Gasteiger partial charge is 0.378 e. The van der Waals surface area contributed by atoms with Crippen LogP contribution in [0.25, 0.3) is 0 Å². The number of pyridine rings is 1. The van der Waals surface area contributed by atoms with Gasteiger partial charge >= 0.3 is 0 Å². The van der Waals surface area contributed by atoms with E-state index in [0.29, 0.717) is 25.6 Å². The highest BCUT2D eigenvalue weighted by atomic mass is 16.5. The number of nitrogens with one attached hydrogen (secondary N) is 2. The van der Waals surface area contributed by atoms with E-state index in [2.05, 4.69) is 15.6 Å². The number of anilines is 1. The average molecular weight is 221 g/mol. The molecule has 86 valence electrons. The van der Waals surface area contributed by atoms with Gasteiger partial charge in [0.2, 0.25) is 5.91 Å². The Bertz CT molecular complexity index is 358. The molecule has 2 heterocycles. The first-order valence-electron chi connectivity index (χ1n) is 5.30. The second-order valence-corrected chi connectivity index (χ2v) is 3.79. The standard InChI is InChI=1S/C11H15N3O2/c1-8-2-3-10(13-6-8)14-11(15)9-7-16-5-4-12-9/h2-3,6,9,12H,4-5,7H2,1H3,(H,13,14,15). The third kappa shape index (κ3) is 2.77. The van der Waals surface area contributed by atoms with E-state index in [1.807, 2.05) is 13.0 Å². The molecule has 5 heteroatoms. The van der Waals surface area contributed by atoms with Crippen molar-refractivity contribution in [1.29, 1.82) is 0 Å². The zero-order chi connectivity index (χ0) is 11.4. The van der Waals surface area contributed by atoms with E-state index in [4.69, 9.17) is 4.74 Å². The highest BCUT2D eigenvalue weighted by Crippen LogP contribution is 2.05. The number of rotatable bonds is 2. The maximum absolute atomic E-state index is 11.8. The minimum absolute atomic E-state index is 0.101. The average Bonchev–Trinajstić information content (AvgIpc) is 2.33. The van der Waals surface area contributed by atoms with Crippen molar-refractivity contribution in [3.05, 3.63) is 23.9 Å². The van der Waals surface area contributed by atoms with E-state index >= 15 is 0 Å². The summed E-state index contributed by atoms with van der Waals surface area (Å²) in [5, 5.41) is 5.83. The lowest BCUT2D eigenvalue weighted by molar-refractivity contribution is -0.120. The van der Waals surface area contributed by atoms with Crippen LogP contribution in [0.1, 0.15) is 5.56 Å². The number of morpholine rings is 1. The second-order valence-electron chi connectivity index (χ2n) is 3.79. The van der Waals surface area contributed by atoms with Crippen molar-refractivity contribution in [2.24, 2.45) is 0 Å². The van der Waals surface area contributed by atoms with E-state index in [1.54, 1.807) is 12.3 Å². The molecule has 1 aromatic rings. The van der Waals surface area contributed by atoms with Crippen LogP contribution < -0.4 is 10.6 Å². The van der Waals surface area contributed by atoms with Crippen LogP contribution in [0.15, 0.2) is 18.3 Å². The summed E-state index contributed by atoms with van der Waals surface area (Å²) in [6.07, 6.45) is 1.72. The molecule has 1 saturated heterocycles. The number of carbonyl (C=O) groups excluding carboxylic acids is 1. The van der Waals surface area contributed by atoms with Gasteiger partial charge in [0.1, 0.15) is 11.9 Å². The van der Waals surface area contributed by atoms with Crippen LogP contribution in [-0.4, -0.2) is 36.7 Å². The molecule has 0 radical (unpaired) electrons. The first-order valence-corrected chi connectivity index (χ1v) is 5.30. The van der Waals surface area contributed by atoms with Gasteiger partial charge < -0.3 is 15.4 Å². The Hall–Kier alpha value is -1.46. The highest BCUT2D eigenvalue weighted by Gasteiger charge is 2.21. The fourth-order valence-corrected chi connectivity index (χ4v) is 1.49. The van der Waals surface area contributed by atoms with Crippen molar-refractivity contribution in [2.75, 3.05) is 25.1 Å². The molecule has 1 fully saturated rings. The number of hydrogen-bond donors (Lipinski definition) is 2. The summed E-state index contributed by atoms with van der Waals surface area (Å²) in [6, 6.07) is 3.42. The number of nitrogens with zero attached hydrogens (tertiary/aromatic N) is 1. The minimum Gasteiger partial charge on any atom is -0.378 e. The van der Waals surface area contributed by atoms with Gasteiger partial charge in [0.05, 0.1) is 13.2 Å². The molecule has 5 nitrogen and oxygen atoms in total. The first kappa shape index (κ1) is 11.0. The molecule has 1 aliphatic rings. The molecule has 0 spiro atoms. The normalized spacial score (nSPS) is 20.4. The summed E-state index contributed by atoms with van der Waals surface area (Å²) < 4.78 is 5.22. The van der Waals surface area contributed by atoms with Gasteiger partial charge in [-0.25, -0.2) is 4.98 Å². The molecule has 0 aliphatic carbocycles. The van der Waals surface area contributed by atoms with Gasteiger partial charge in [0.25, 0.3) is 0 Å². The Balaban J connectivity index is 1.93. The van der Waals surface area contributed by atoms with Crippen LogP contribution >= 0.6 is 0 Å². The van der Waals surface area contributed by atoms with Crippen LogP contribution in [-0.2, 0) is 9.53 Å². The molecule has 16 heavy (non-hydrogen) atoms. The van der Waals surface area contributed by atoms with Crippen molar-refractivity contribution in [2.45, 2.75) is 13.0 Å². The predicted octanol–water partition coefficient (Wildman–Crippen LogP) is 0.317. The van der Waals surface area contributed by atoms with Gasteiger partial charge in [-0.3, -0.25) is 4.79 Å². The van der Waals surface area contributed by atoms with Crippen molar-refractivity contribution in [3.63, 3.8) is 0 Å². The lowest BCUT2D eigenvalue weighted by Gasteiger charge is -2.22. The van der Waals surface area contributed by atoms with Crippen LogP contribution in [0, 0.1) is 6.92 Å². The number of carbonyl (C=O) groups is 1. The smallest absolute Gasteiger partial charge is 0.245 e. The molecule has 2 N–H and O–H groups in total. The van der Waals surface area contributed by atoms with E-state index in [0.717, 1.165) is 5.56 Å². The lowest BCUT2D eigenvalue weighted by Crippen LogP contribution is -2.48. The quantitative estimate of drug-likeness (QED) is 0.754. The van der Waals surface area contributed by atoms with E-state index in [1.165, 1.54) is 0 Å². The first-order chi connectivity index (χ1) is 7.75. The lowest BCUT2D eigenvalue weighted by atomic mass is 10.2. The molecule has 1 aromatic heterocycles. The van der Waals surface area contributed by atoms with Gasteiger partial charge in [0.15, 0.2) is 0 Å². The number of amides is 1. The summed E-state index contributed by atoms with van der Waals surface area (Å²) in [6.45, 7) is 3.73. The third-order valence-electron chi connectivity index (χ3n) is 2.40. The van der Waals surface area contributed by atoms with Crippen LogP contribution in [0.4, 0.5) is 5.82 Å². The SMILES string of the molecule is Cc1ccc(NC(=O)C2COCCN2)nc1. The van der Waals surface area contributed by atoms with Crippen LogP contribution in [0.2, 0.25) is 0 Å². The second kappa shape index (κ2) is 5.05. The Morgan fingerprint density at radius 1 is 1.62 bits per heavy atom. The molecule has 0 aromatic carbocycles. The third-order valence-corrected chi connectivity index (χ3v) is 2.40. The Labute approximate surface area is 94.2 Å². The molecule has 1 aliphatic heterocycles. The van der Waals surface area contributed by atoms with Gasteiger partial charge in [-0.15, -0.1) is 0 Å². The van der Waals surface area contributed by atoms with Gasteiger partial charge in [-0.2, -0.15) is 0 Å². The fourth-order valence-electron chi connectivity index (χ4n) is 1.49. The molecule has 1 amide bonds. The molecular formula is C11H15N3O2. The van der Waals surface area contributed by atoms with Crippen molar-refractivity contribution in [1.82, 2.24) is 10.3 Å². The van der Waals surface area contributed by atoms with E-state index in [-0.39, 0.29) is 11.9 Å². The number of aryl methyl sites for hydroxylation is 1. The zero-order valence-corrected chi connectivity index (χ0v) is 9.19. The Morgan fingerprint density at radius 3 is 3.12 bits per heavy atom. The summed E-state index contributed by atoms with van der Waals surface area (Å²) >= 11 is 0. The predicted molar refractivity (Wildman–Crippen MR) is 60.2 cm³/mol. The maximum Gasteiger partial charge on any atom is 0.245 e. The van der Waals surface area contributed by atoms with E-state index in [9.17, 15) is 4.79 Å². The molecule has 0 saturated carbocycles. The molecular weight excluding hydrogens is 206 g/mol. The summed E-state index contributed by atoms with van der Waals surface area (Å²) in [7, 11) is 0. The molecule has 0 bridgehead atoms. The van der Waals surface area contributed by atoms with Crippen molar-refractivity contribution < 1.29 is 9.53 Å². The number of ether oxygens (including phenoxy) is 1. The summed E-state index contributed by atoms with van der Waals surface area (Å²) in [5.41, 5.74) is 1.07. The Morgan fingerprint density at radius 2 is 2.50 bits per heavy atom.